The summed E-state index contributed by atoms with van der Waals surface area (Å²) in [7, 11) is 3.25. The van der Waals surface area contributed by atoms with Crippen molar-refractivity contribution in [2.24, 2.45) is 0 Å². The lowest BCUT2D eigenvalue weighted by Gasteiger charge is -2.07. The first-order chi connectivity index (χ1) is 10.8. The molecular formula is C17H16N2O3. The first kappa shape index (κ1) is 14.0. The molecule has 0 radical (unpaired) electrons. The van der Waals surface area contributed by atoms with E-state index in [9.17, 15) is 0 Å². The maximum absolute atomic E-state index is 5.82. The van der Waals surface area contributed by atoms with Gasteiger partial charge in [0.2, 0.25) is 0 Å². The first-order valence-corrected chi connectivity index (χ1v) is 6.80. The van der Waals surface area contributed by atoms with Gasteiger partial charge in [-0.25, -0.2) is 4.68 Å². The van der Waals surface area contributed by atoms with Crippen LogP contribution in [0, 0.1) is 0 Å². The fraction of sp³-hybridized carbons (Fsp3) is 0.118. The summed E-state index contributed by atoms with van der Waals surface area (Å²) >= 11 is 0. The molecule has 0 atom stereocenters. The number of rotatable bonds is 5. The van der Waals surface area contributed by atoms with Crippen LogP contribution in [-0.4, -0.2) is 24.0 Å². The number of nitrogens with zero attached hydrogens (tertiary/aromatic N) is 2. The van der Waals surface area contributed by atoms with E-state index in [2.05, 4.69) is 5.10 Å². The Morgan fingerprint density at radius 2 is 1.68 bits per heavy atom. The highest BCUT2D eigenvalue weighted by Gasteiger charge is 2.07. The van der Waals surface area contributed by atoms with Gasteiger partial charge < -0.3 is 14.2 Å². The van der Waals surface area contributed by atoms with Gasteiger partial charge in [0.15, 0.2) is 17.2 Å². The smallest absolute Gasteiger partial charge is 0.169 e. The second-order valence-corrected chi connectivity index (χ2v) is 4.58. The maximum atomic E-state index is 5.82. The molecule has 0 aliphatic heterocycles. The molecule has 3 aromatic rings. The molecule has 0 aliphatic rings. The minimum Gasteiger partial charge on any atom is -0.497 e. The van der Waals surface area contributed by atoms with Gasteiger partial charge in [0, 0.05) is 6.07 Å². The summed E-state index contributed by atoms with van der Waals surface area (Å²) in [4.78, 5) is 0. The lowest BCUT2D eigenvalue weighted by molar-refractivity contribution is 0.379. The molecule has 22 heavy (non-hydrogen) atoms. The molecular weight excluding hydrogens is 280 g/mol. The largest absolute Gasteiger partial charge is 0.497 e. The monoisotopic (exact) mass is 296 g/mol. The summed E-state index contributed by atoms with van der Waals surface area (Å²) in [5, 5.41) is 4.31. The third kappa shape index (κ3) is 2.88. The number of hydrogen-bond donors (Lipinski definition) is 0. The minimum absolute atomic E-state index is 0.632. The van der Waals surface area contributed by atoms with Crippen molar-refractivity contribution in [3.05, 3.63) is 60.9 Å². The van der Waals surface area contributed by atoms with Crippen molar-refractivity contribution in [1.82, 2.24) is 9.78 Å². The average Bonchev–Trinajstić information content (AvgIpc) is 3.04. The molecule has 1 aromatic heterocycles. The van der Waals surface area contributed by atoms with Crippen LogP contribution in [0.15, 0.2) is 60.9 Å². The summed E-state index contributed by atoms with van der Waals surface area (Å²) in [6.07, 6.45) is 3.47. The van der Waals surface area contributed by atoms with E-state index in [-0.39, 0.29) is 0 Å². The van der Waals surface area contributed by atoms with Gasteiger partial charge in [0.05, 0.1) is 32.3 Å². The highest BCUT2D eigenvalue weighted by Crippen LogP contribution is 2.31. The average molecular weight is 296 g/mol. The van der Waals surface area contributed by atoms with E-state index >= 15 is 0 Å². The number of para-hydroxylation sites is 2. The first-order valence-electron chi connectivity index (χ1n) is 6.80. The van der Waals surface area contributed by atoms with Gasteiger partial charge in [-0.15, -0.1) is 0 Å². The topological polar surface area (TPSA) is 45.5 Å². The molecule has 0 saturated carbocycles. The van der Waals surface area contributed by atoms with Gasteiger partial charge in [-0.3, -0.25) is 0 Å². The predicted molar refractivity (Wildman–Crippen MR) is 83.2 cm³/mol. The Kier molecular flexibility index (Phi) is 3.96. The molecule has 0 fully saturated rings. The number of methoxy groups -OCH3 is 2. The number of aromatic nitrogens is 2. The Bertz CT molecular complexity index is 768. The van der Waals surface area contributed by atoms with Gasteiger partial charge in [-0.05, 0) is 24.3 Å². The molecule has 0 unspecified atom stereocenters. The van der Waals surface area contributed by atoms with Crippen LogP contribution < -0.4 is 14.2 Å². The predicted octanol–water partition coefficient (Wildman–Crippen LogP) is 3.68. The molecule has 0 N–H and O–H groups in total. The summed E-state index contributed by atoms with van der Waals surface area (Å²) in [5.74, 6) is 2.74. The van der Waals surface area contributed by atoms with E-state index in [4.69, 9.17) is 14.2 Å². The Morgan fingerprint density at radius 3 is 2.45 bits per heavy atom. The second kappa shape index (κ2) is 6.22. The van der Waals surface area contributed by atoms with E-state index in [1.54, 1.807) is 31.3 Å². The zero-order valence-corrected chi connectivity index (χ0v) is 12.4. The number of benzene rings is 2. The van der Waals surface area contributed by atoms with Crippen LogP contribution in [0.3, 0.4) is 0 Å². The standard InChI is InChI=1S/C17H16N2O3/c1-20-14-7-5-6-13(10-14)19-12-15(11-18-19)22-17-9-4-3-8-16(17)21-2/h3-12H,1-2H3. The fourth-order valence-corrected chi connectivity index (χ4v) is 2.08. The summed E-state index contributed by atoms with van der Waals surface area (Å²) in [6, 6.07) is 15.1. The SMILES string of the molecule is COc1cccc(-n2cc(Oc3ccccc3OC)cn2)c1. The van der Waals surface area contributed by atoms with Crippen LogP contribution in [0.4, 0.5) is 0 Å². The van der Waals surface area contributed by atoms with Crippen molar-refractivity contribution >= 4 is 0 Å². The lowest BCUT2D eigenvalue weighted by Crippen LogP contribution is -1.94. The Morgan fingerprint density at radius 1 is 0.864 bits per heavy atom. The van der Waals surface area contributed by atoms with Crippen molar-refractivity contribution in [3.8, 4) is 28.7 Å². The fourth-order valence-electron chi connectivity index (χ4n) is 2.08. The molecule has 0 spiro atoms. The van der Waals surface area contributed by atoms with Gasteiger partial charge in [-0.2, -0.15) is 5.10 Å². The molecule has 5 heteroatoms. The van der Waals surface area contributed by atoms with Crippen molar-refractivity contribution in [3.63, 3.8) is 0 Å². The third-order valence-corrected chi connectivity index (χ3v) is 3.17. The number of ether oxygens (including phenoxy) is 3. The Labute approximate surface area is 128 Å². The van der Waals surface area contributed by atoms with Crippen LogP contribution in [0.1, 0.15) is 0 Å². The van der Waals surface area contributed by atoms with Crippen molar-refractivity contribution in [2.75, 3.05) is 14.2 Å². The normalized spacial score (nSPS) is 10.3. The van der Waals surface area contributed by atoms with Gasteiger partial charge in [-0.1, -0.05) is 18.2 Å². The van der Waals surface area contributed by atoms with E-state index in [0.29, 0.717) is 17.2 Å². The van der Waals surface area contributed by atoms with Crippen LogP contribution in [0.2, 0.25) is 0 Å². The minimum atomic E-state index is 0.632. The van der Waals surface area contributed by atoms with Crippen molar-refractivity contribution in [1.29, 1.82) is 0 Å². The Hall–Kier alpha value is -2.95. The van der Waals surface area contributed by atoms with E-state index < -0.39 is 0 Å². The molecule has 0 amide bonds. The van der Waals surface area contributed by atoms with Crippen molar-refractivity contribution in [2.45, 2.75) is 0 Å². The summed E-state index contributed by atoms with van der Waals surface area (Å²) in [5.41, 5.74) is 0.897. The van der Waals surface area contributed by atoms with Gasteiger partial charge >= 0.3 is 0 Å². The second-order valence-electron chi connectivity index (χ2n) is 4.58. The highest BCUT2D eigenvalue weighted by molar-refractivity contribution is 5.43. The van der Waals surface area contributed by atoms with Crippen LogP contribution >= 0.6 is 0 Å². The van der Waals surface area contributed by atoms with Crippen LogP contribution in [-0.2, 0) is 0 Å². The zero-order valence-electron chi connectivity index (χ0n) is 12.4. The van der Waals surface area contributed by atoms with E-state index in [1.807, 2.05) is 48.5 Å². The molecule has 2 aromatic carbocycles. The molecule has 1 heterocycles. The molecule has 5 nitrogen and oxygen atoms in total. The summed E-state index contributed by atoms with van der Waals surface area (Å²) in [6.45, 7) is 0. The molecule has 3 rings (SSSR count). The van der Waals surface area contributed by atoms with Crippen LogP contribution in [0.25, 0.3) is 5.69 Å². The Balaban J connectivity index is 1.84. The van der Waals surface area contributed by atoms with E-state index in [1.165, 1.54) is 0 Å². The van der Waals surface area contributed by atoms with Crippen LogP contribution in [0.5, 0.6) is 23.0 Å². The number of hydrogen-bond acceptors (Lipinski definition) is 4. The van der Waals surface area contributed by atoms with E-state index in [0.717, 1.165) is 11.4 Å². The zero-order chi connectivity index (χ0) is 15.4. The molecule has 0 bridgehead atoms. The maximum Gasteiger partial charge on any atom is 0.169 e. The van der Waals surface area contributed by atoms with Gasteiger partial charge in [0.25, 0.3) is 0 Å². The third-order valence-electron chi connectivity index (χ3n) is 3.17. The molecule has 112 valence electrons. The quantitative estimate of drug-likeness (QED) is 0.720. The van der Waals surface area contributed by atoms with Gasteiger partial charge in [0.1, 0.15) is 5.75 Å². The lowest BCUT2D eigenvalue weighted by atomic mass is 10.3. The van der Waals surface area contributed by atoms with Crippen molar-refractivity contribution < 1.29 is 14.2 Å². The molecule has 0 saturated heterocycles. The summed E-state index contributed by atoms with van der Waals surface area (Å²) < 4.78 is 18.0. The highest BCUT2D eigenvalue weighted by atomic mass is 16.5. The molecule has 0 aliphatic carbocycles.